The molecule has 0 spiro atoms. The Hall–Kier alpha value is -2.86. The van der Waals surface area contributed by atoms with E-state index in [4.69, 9.17) is 4.74 Å². The van der Waals surface area contributed by atoms with Crippen molar-refractivity contribution in [3.8, 4) is 5.75 Å². The Morgan fingerprint density at radius 1 is 1.00 bits per heavy atom. The molecular formula is C24H33N3O3. The van der Waals surface area contributed by atoms with Gasteiger partial charge in [0.1, 0.15) is 5.75 Å². The summed E-state index contributed by atoms with van der Waals surface area (Å²) in [6.45, 7) is 8.76. The van der Waals surface area contributed by atoms with Crippen molar-refractivity contribution in [1.29, 1.82) is 0 Å². The summed E-state index contributed by atoms with van der Waals surface area (Å²) in [5.41, 5.74) is 2.65. The molecule has 0 aromatic heterocycles. The number of nitrogens with zero attached hydrogens (tertiary/aromatic N) is 1. The van der Waals surface area contributed by atoms with Gasteiger partial charge in [0.05, 0.1) is 19.7 Å². The summed E-state index contributed by atoms with van der Waals surface area (Å²) in [7, 11) is 1.60. The zero-order valence-electron chi connectivity index (χ0n) is 18.6. The van der Waals surface area contributed by atoms with Gasteiger partial charge in [0.25, 0.3) is 0 Å². The molecule has 0 heterocycles. The highest BCUT2D eigenvalue weighted by Gasteiger charge is 2.23. The number of nitrogens with one attached hydrogen (secondary N) is 2. The SMILES string of the molecule is CC[C@@H](C)c1ccccc1NC(=O)[C@@H](C)N(CC)CC(=O)Nc1ccc(OC)cc1. The van der Waals surface area contributed by atoms with Crippen LogP contribution in [0, 0.1) is 0 Å². The fraction of sp³-hybridized carbons (Fsp3) is 0.417. The minimum absolute atomic E-state index is 0.121. The van der Waals surface area contributed by atoms with Gasteiger partial charge < -0.3 is 15.4 Å². The molecule has 0 saturated carbocycles. The van der Waals surface area contributed by atoms with E-state index in [0.717, 1.165) is 23.4 Å². The minimum Gasteiger partial charge on any atom is -0.497 e. The van der Waals surface area contributed by atoms with Gasteiger partial charge in [0.2, 0.25) is 11.8 Å². The predicted molar refractivity (Wildman–Crippen MR) is 122 cm³/mol. The van der Waals surface area contributed by atoms with Crippen LogP contribution < -0.4 is 15.4 Å². The van der Waals surface area contributed by atoms with Crippen molar-refractivity contribution < 1.29 is 14.3 Å². The number of carbonyl (C=O) groups is 2. The van der Waals surface area contributed by atoms with Crippen LogP contribution in [0.15, 0.2) is 48.5 Å². The molecule has 0 aliphatic heterocycles. The number of hydrogen-bond acceptors (Lipinski definition) is 4. The van der Waals surface area contributed by atoms with E-state index in [9.17, 15) is 9.59 Å². The summed E-state index contributed by atoms with van der Waals surface area (Å²) in [6, 6.07) is 14.6. The molecule has 2 aromatic rings. The van der Waals surface area contributed by atoms with E-state index >= 15 is 0 Å². The minimum atomic E-state index is -0.443. The molecule has 2 rings (SSSR count). The molecule has 0 fully saturated rings. The van der Waals surface area contributed by atoms with Gasteiger partial charge in [0.15, 0.2) is 0 Å². The largest absolute Gasteiger partial charge is 0.497 e. The lowest BCUT2D eigenvalue weighted by atomic mass is 9.97. The van der Waals surface area contributed by atoms with Crippen LogP contribution in [0.3, 0.4) is 0 Å². The average Bonchev–Trinajstić information content (AvgIpc) is 2.77. The summed E-state index contributed by atoms with van der Waals surface area (Å²) in [5.74, 6) is 0.798. The Balaban J connectivity index is 2.00. The number of likely N-dealkylation sites (N-methyl/N-ethyl adjacent to an activating group) is 1. The smallest absolute Gasteiger partial charge is 0.241 e. The third kappa shape index (κ3) is 6.32. The first-order chi connectivity index (χ1) is 14.4. The highest BCUT2D eigenvalue weighted by molar-refractivity contribution is 5.96. The Bertz CT molecular complexity index is 836. The second-order valence-electron chi connectivity index (χ2n) is 7.40. The van der Waals surface area contributed by atoms with Crippen molar-refractivity contribution >= 4 is 23.2 Å². The van der Waals surface area contributed by atoms with Gasteiger partial charge in [-0.2, -0.15) is 0 Å². The van der Waals surface area contributed by atoms with Gasteiger partial charge >= 0.3 is 0 Å². The Morgan fingerprint density at radius 3 is 2.27 bits per heavy atom. The van der Waals surface area contributed by atoms with E-state index in [-0.39, 0.29) is 18.4 Å². The molecular weight excluding hydrogens is 378 g/mol. The molecule has 0 unspecified atom stereocenters. The zero-order valence-corrected chi connectivity index (χ0v) is 18.6. The highest BCUT2D eigenvalue weighted by Crippen LogP contribution is 2.26. The van der Waals surface area contributed by atoms with Crippen LogP contribution in [-0.2, 0) is 9.59 Å². The average molecular weight is 412 g/mol. The van der Waals surface area contributed by atoms with Crippen molar-refractivity contribution in [2.45, 2.75) is 46.1 Å². The molecule has 0 radical (unpaired) electrons. The topological polar surface area (TPSA) is 70.7 Å². The highest BCUT2D eigenvalue weighted by atomic mass is 16.5. The third-order valence-electron chi connectivity index (χ3n) is 5.42. The molecule has 30 heavy (non-hydrogen) atoms. The lowest BCUT2D eigenvalue weighted by molar-refractivity contribution is -0.123. The number of ether oxygens (including phenoxy) is 1. The van der Waals surface area contributed by atoms with Crippen LogP contribution in [0.2, 0.25) is 0 Å². The van der Waals surface area contributed by atoms with Crippen molar-refractivity contribution in [3.63, 3.8) is 0 Å². The first-order valence-corrected chi connectivity index (χ1v) is 10.5. The van der Waals surface area contributed by atoms with E-state index in [2.05, 4.69) is 24.5 Å². The van der Waals surface area contributed by atoms with Gasteiger partial charge in [-0.25, -0.2) is 0 Å². The van der Waals surface area contributed by atoms with E-state index in [0.29, 0.717) is 18.2 Å². The van der Waals surface area contributed by atoms with Crippen LogP contribution in [0.1, 0.15) is 45.6 Å². The Labute approximate surface area is 179 Å². The Kier molecular flexibility index (Phi) is 8.87. The summed E-state index contributed by atoms with van der Waals surface area (Å²) >= 11 is 0. The molecule has 2 aromatic carbocycles. The molecule has 6 nitrogen and oxygen atoms in total. The second-order valence-corrected chi connectivity index (χ2v) is 7.40. The normalized spacial score (nSPS) is 12.9. The Morgan fingerprint density at radius 2 is 1.67 bits per heavy atom. The number of hydrogen-bond donors (Lipinski definition) is 2. The summed E-state index contributed by atoms with van der Waals surface area (Å²) in [6.07, 6.45) is 0.995. The number of rotatable bonds is 10. The number of para-hydroxylation sites is 1. The lowest BCUT2D eigenvalue weighted by Gasteiger charge is -2.27. The fourth-order valence-corrected chi connectivity index (χ4v) is 3.25. The quantitative estimate of drug-likeness (QED) is 0.604. The van der Waals surface area contributed by atoms with Crippen LogP contribution in [0.5, 0.6) is 5.75 Å². The van der Waals surface area contributed by atoms with E-state index in [1.807, 2.05) is 43.0 Å². The van der Waals surface area contributed by atoms with Crippen molar-refractivity contribution in [2.24, 2.45) is 0 Å². The molecule has 2 atom stereocenters. The molecule has 6 heteroatoms. The fourth-order valence-electron chi connectivity index (χ4n) is 3.25. The van der Waals surface area contributed by atoms with Gasteiger partial charge in [-0.1, -0.05) is 39.0 Å². The molecule has 162 valence electrons. The van der Waals surface area contributed by atoms with Crippen LogP contribution >= 0.6 is 0 Å². The van der Waals surface area contributed by atoms with E-state index in [1.165, 1.54) is 0 Å². The molecule has 2 amide bonds. The third-order valence-corrected chi connectivity index (χ3v) is 5.42. The number of methoxy groups -OCH3 is 1. The first-order valence-electron chi connectivity index (χ1n) is 10.5. The van der Waals surface area contributed by atoms with Crippen LogP contribution in [0.4, 0.5) is 11.4 Å². The number of carbonyl (C=O) groups excluding carboxylic acids is 2. The summed E-state index contributed by atoms with van der Waals surface area (Å²) < 4.78 is 5.13. The van der Waals surface area contributed by atoms with Crippen molar-refractivity contribution in [2.75, 3.05) is 30.8 Å². The zero-order chi connectivity index (χ0) is 22.1. The molecule has 0 aliphatic rings. The first kappa shape index (κ1) is 23.4. The van der Waals surface area contributed by atoms with Gasteiger partial charge in [0, 0.05) is 11.4 Å². The number of amides is 2. The van der Waals surface area contributed by atoms with Crippen molar-refractivity contribution in [1.82, 2.24) is 4.90 Å². The molecule has 0 bridgehead atoms. The maximum Gasteiger partial charge on any atom is 0.241 e. The van der Waals surface area contributed by atoms with Gasteiger partial charge in [-0.05, 0) is 61.7 Å². The van der Waals surface area contributed by atoms with Crippen LogP contribution in [-0.4, -0.2) is 43.0 Å². The maximum atomic E-state index is 12.9. The molecule has 0 aliphatic carbocycles. The maximum absolute atomic E-state index is 12.9. The van der Waals surface area contributed by atoms with Gasteiger partial charge in [-0.3, -0.25) is 14.5 Å². The van der Waals surface area contributed by atoms with E-state index in [1.54, 1.807) is 31.4 Å². The summed E-state index contributed by atoms with van der Waals surface area (Å²) in [5, 5.41) is 5.92. The van der Waals surface area contributed by atoms with Gasteiger partial charge in [-0.15, -0.1) is 0 Å². The van der Waals surface area contributed by atoms with E-state index < -0.39 is 6.04 Å². The predicted octanol–water partition coefficient (Wildman–Crippen LogP) is 4.50. The summed E-state index contributed by atoms with van der Waals surface area (Å²) in [4.78, 5) is 27.2. The second kappa shape index (κ2) is 11.4. The van der Waals surface area contributed by atoms with Crippen LogP contribution in [0.25, 0.3) is 0 Å². The number of benzene rings is 2. The monoisotopic (exact) mass is 411 g/mol. The lowest BCUT2D eigenvalue weighted by Crippen LogP contribution is -2.45. The molecule has 0 saturated heterocycles. The molecule has 2 N–H and O–H groups in total. The number of anilines is 2. The standard InChI is InChI=1S/C24H33N3O3/c1-6-17(3)21-10-8-9-11-22(21)26-24(29)18(4)27(7-2)16-23(28)25-19-12-14-20(30-5)15-13-19/h8-15,17-18H,6-7,16H2,1-5H3,(H,25,28)(H,26,29)/t17-,18-/m1/s1. The van der Waals surface area contributed by atoms with Crippen molar-refractivity contribution in [3.05, 3.63) is 54.1 Å².